The SMILES string of the molecule is C[C@H]1CN(c2n[nH]c(-c3cncn3C)n2)CCN1. The van der Waals surface area contributed by atoms with Crippen molar-refractivity contribution in [1.29, 1.82) is 0 Å². The number of anilines is 1. The number of piperazine rings is 1. The van der Waals surface area contributed by atoms with Gasteiger partial charge in [0.1, 0.15) is 5.69 Å². The standard InChI is InChI=1S/C11H17N7/c1-8-6-18(4-3-13-8)11-14-10(15-16-11)9-5-12-7-17(9)2/h5,7-8,13H,3-4,6H2,1-2H3,(H,14,15,16)/t8-/m0/s1. The second kappa shape index (κ2) is 4.41. The van der Waals surface area contributed by atoms with Crippen LogP contribution in [0.25, 0.3) is 11.5 Å². The second-order valence-electron chi connectivity index (χ2n) is 4.67. The van der Waals surface area contributed by atoms with Crippen LogP contribution < -0.4 is 10.2 Å². The van der Waals surface area contributed by atoms with E-state index in [4.69, 9.17) is 0 Å². The predicted octanol–water partition coefficient (Wildman–Crippen LogP) is 0.00330. The van der Waals surface area contributed by atoms with E-state index in [9.17, 15) is 0 Å². The zero-order valence-electron chi connectivity index (χ0n) is 10.6. The summed E-state index contributed by atoms with van der Waals surface area (Å²) in [4.78, 5) is 10.8. The summed E-state index contributed by atoms with van der Waals surface area (Å²) in [6, 6.07) is 0.470. The average Bonchev–Trinajstić information content (AvgIpc) is 2.97. The first kappa shape index (κ1) is 11.2. The van der Waals surface area contributed by atoms with Crippen molar-refractivity contribution < 1.29 is 0 Å². The molecule has 3 heterocycles. The van der Waals surface area contributed by atoms with E-state index in [0.717, 1.165) is 37.1 Å². The average molecular weight is 247 g/mol. The third-order valence-corrected chi connectivity index (χ3v) is 3.18. The lowest BCUT2D eigenvalue weighted by Crippen LogP contribution is -2.49. The highest BCUT2D eigenvalue weighted by molar-refractivity contribution is 5.50. The maximum Gasteiger partial charge on any atom is 0.245 e. The first-order chi connectivity index (χ1) is 8.74. The monoisotopic (exact) mass is 247 g/mol. The van der Waals surface area contributed by atoms with Crippen LogP contribution in [0.3, 0.4) is 0 Å². The molecule has 1 aliphatic rings. The molecule has 7 heteroatoms. The van der Waals surface area contributed by atoms with Crippen LogP contribution in [-0.4, -0.2) is 50.4 Å². The summed E-state index contributed by atoms with van der Waals surface area (Å²) in [5.41, 5.74) is 0.942. The van der Waals surface area contributed by atoms with Crippen molar-refractivity contribution >= 4 is 5.95 Å². The molecule has 0 amide bonds. The van der Waals surface area contributed by atoms with Crippen LogP contribution >= 0.6 is 0 Å². The summed E-state index contributed by atoms with van der Waals surface area (Å²) in [6.45, 7) is 5.01. The maximum absolute atomic E-state index is 4.54. The van der Waals surface area contributed by atoms with Crippen LogP contribution in [-0.2, 0) is 7.05 Å². The lowest BCUT2D eigenvalue weighted by molar-refractivity contribution is 0.480. The molecule has 2 aromatic heterocycles. The van der Waals surface area contributed by atoms with Crippen LogP contribution in [0, 0.1) is 0 Å². The second-order valence-corrected chi connectivity index (χ2v) is 4.67. The van der Waals surface area contributed by atoms with Crippen LogP contribution in [0.15, 0.2) is 12.5 Å². The van der Waals surface area contributed by atoms with Crippen molar-refractivity contribution in [3.63, 3.8) is 0 Å². The number of H-pyrrole nitrogens is 1. The Morgan fingerprint density at radius 2 is 2.33 bits per heavy atom. The van der Waals surface area contributed by atoms with Gasteiger partial charge in [-0.1, -0.05) is 0 Å². The number of hydrogen-bond acceptors (Lipinski definition) is 5. The van der Waals surface area contributed by atoms with E-state index in [-0.39, 0.29) is 0 Å². The molecule has 0 spiro atoms. The quantitative estimate of drug-likeness (QED) is 0.781. The largest absolute Gasteiger partial charge is 0.337 e. The number of aromatic amines is 1. The van der Waals surface area contributed by atoms with Crippen LogP contribution in [0.4, 0.5) is 5.95 Å². The number of nitrogens with zero attached hydrogens (tertiary/aromatic N) is 5. The molecule has 0 radical (unpaired) electrons. The van der Waals surface area contributed by atoms with Crippen molar-refractivity contribution in [1.82, 2.24) is 30.0 Å². The minimum atomic E-state index is 0.470. The molecule has 0 unspecified atom stereocenters. The highest BCUT2D eigenvalue weighted by Gasteiger charge is 2.20. The van der Waals surface area contributed by atoms with Gasteiger partial charge in [0, 0.05) is 32.7 Å². The normalized spacial score (nSPS) is 20.3. The molecule has 18 heavy (non-hydrogen) atoms. The molecule has 1 aliphatic heterocycles. The Hall–Kier alpha value is -1.89. The number of aromatic nitrogens is 5. The summed E-state index contributed by atoms with van der Waals surface area (Å²) in [5.74, 6) is 1.52. The van der Waals surface area contributed by atoms with E-state index in [2.05, 4.69) is 37.3 Å². The Morgan fingerprint density at radius 3 is 3.06 bits per heavy atom. The Kier molecular flexibility index (Phi) is 2.75. The Balaban J connectivity index is 1.83. The van der Waals surface area contributed by atoms with Gasteiger partial charge in [0.2, 0.25) is 5.95 Å². The van der Waals surface area contributed by atoms with Crippen molar-refractivity contribution in [3.05, 3.63) is 12.5 Å². The van der Waals surface area contributed by atoms with Gasteiger partial charge in [-0.25, -0.2) is 4.98 Å². The van der Waals surface area contributed by atoms with Crippen LogP contribution in [0.2, 0.25) is 0 Å². The van der Waals surface area contributed by atoms with Gasteiger partial charge in [-0.05, 0) is 6.92 Å². The van der Waals surface area contributed by atoms with Gasteiger partial charge in [0.25, 0.3) is 0 Å². The van der Waals surface area contributed by atoms with Crippen molar-refractivity contribution in [2.75, 3.05) is 24.5 Å². The number of rotatable bonds is 2. The first-order valence-electron chi connectivity index (χ1n) is 6.11. The molecule has 0 bridgehead atoms. The third kappa shape index (κ3) is 1.97. The summed E-state index contributed by atoms with van der Waals surface area (Å²) in [7, 11) is 1.94. The minimum absolute atomic E-state index is 0.470. The van der Waals surface area contributed by atoms with E-state index in [1.165, 1.54) is 0 Å². The highest BCUT2D eigenvalue weighted by atomic mass is 15.4. The third-order valence-electron chi connectivity index (χ3n) is 3.18. The van der Waals surface area contributed by atoms with Crippen LogP contribution in [0.1, 0.15) is 6.92 Å². The lowest BCUT2D eigenvalue weighted by Gasteiger charge is -2.30. The minimum Gasteiger partial charge on any atom is -0.337 e. The van der Waals surface area contributed by atoms with Gasteiger partial charge in [-0.15, -0.1) is 5.10 Å². The molecule has 1 fully saturated rings. The fraction of sp³-hybridized carbons (Fsp3) is 0.545. The number of aryl methyl sites for hydroxylation is 1. The van der Waals surface area contributed by atoms with Gasteiger partial charge < -0.3 is 14.8 Å². The number of hydrogen-bond donors (Lipinski definition) is 2. The summed E-state index contributed by atoms with van der Waals surface area (Å²) in [6.07, 6.45) is 3.54. The molecular formula is C11H17N7. The van der Waals surface area contributed by atoms with Gasteiger partial charge >= 0.3 is 0 Å². The van der Waals surface area contributed by atoms with Crippen molar-refractivity contribution in [2.24, 2.45) is 7.05 Å². The molecule has 2 aromatic rings. The molecule has 1 saturated heterocycles. The zero-order chi connectivity index (χ0) is 12.5. The summed E-state index contributed by atoms with van der Waals surface area (Å²) in [5, 5.41) is 10.7. The molecule has 0 aliphatic carbocycles. The molecule has 0 aromatic carbocycles. The predicted molar refractivity (Wildman–Crippen MR) is 68.3 cm³/mol. The molecule has 2 N–H and O–H groups in total. The van der Waals surface area contributed by atoms with E-state index < -0.39 is 0 Å². The molecule has 3 rings (SSSR count). The van der Waals surface area contributed by atoms with Gasteiger partial charge in [0.05, 0.1) is 12.5 Å². The molecule has 1 atom stereocenters. The Morgan fingerprint density at radius 1 is 1.44 bits per heavy atom. The smallest absolute Gasteiger partial charge is 0.245 e. The first-order valence-corrected chi connectivity index (χ1v) is 6.11. The van der Waals surface area contributed by atoms with E-state index >= 15 is 0 Å². The number of imidazole rings is 1. The van der Waals surface area contributed by atoms with E-state index in [0.29, 0.717) is 6.04 Å². The molecule has 7 nitrogen and oxygen atoms in total. The Labute approximate surface area is 105 Å². The fourth-order valence-corrected chi connectivity index (χ4v) is 2.21. The van der Waals surface area contributed by atoms with Gasteiger partial charge in [0.15, 0.2) is 5.82 Å². The van der Waals surface area contributed by atoms with E-state index in [1.54, 1.807) is 12.5 Å². The molecule has 0 saturated carbocycles. The highest BCUT2D eigenvalue weighted by Crippen LogP contribution is 2.17. The topological polar surface area (TPSA) is 74.7 Å². The maximum atomic E-state index is 4.54. The van der Waals surface area contributed by atoms with E-state index in [1.807, 2.05) is 11.6 Å². The number of nitrogens with one attached hydrogen (secondary N) is 2. The fourth-order valence-electron chi connectivity index (χ4n) is 2.21. The van der Waals surface area contributed by atoms with Crippen LogP contribution in [0.5, 0.6) is 0 Å². The summed E-state index contributed by atoms with van der Waals surface area (Å²) >= 11 is 0. The lowest BCUT2D eigenvalue weighted by atomic mass is 10.2. The zero-order valence-corrected chi connectivity index (χ0v) is 10.6. The van der Waals surface area contributed by atoms with Gasteiger partial charge in [-0.2, -0.15) is 4.98 Å². The van der Waals surface area contributed by atoms with Gasteiger partial charge in [-0.3, -0.25) is 5.10 Å². The molecule has 96 valence electrons. The Bertz CT molecular complexity index is 529. The summed E-state index contributed by atoms with van der Waals surface area (Å²) < 4.78 is 1.92. The molecular weight excluding hydrogens is 230 g/mol. The van der Waals surface area contributed by atoms with Crippen molar-refractivity contribution in [3.8, 4) is 11.5 Å². The van der Waals surface area contributed by atoms with Crippen molar-refractivity contribution in [2.45, 2.75) is 13.0 Å².